The highest BCUT2D eigenvalue weighted by molar-refractivity contribution is 6.78. The summed E-state index contributed by atoms with van der Waals surface area (Å²) in [6.07, 6.45) is 0. The van der Waals surface area contributed by atoms with E-state index in [2.05, 4.69) is 0 Å². The Morgan fingerprint density at radius 3 is 2.05 bits per heavy atom. The lowest BCUT2D eigenvalue weighted by molar-refractivity contribution is -0.126. The van der Waals surface area contributed by atoms with E-state index in [0.717, 1.165) is 5.56 Å². The SMILES string of the molecule is CC(C)N1C(=O)N([Si](C)(C)C)C(=O)C1c1ccccc1. The molecule has 1 fully saturated rings. The Bertz CT molecular complexity index is 522. The predicted molar refractivity (Wildman–Crippen MR) is 81.7 cm³/mol. The van der Waals surface area contributed by atoms with E-state index in [1.54, 1.807) is 4.90 Å². The summed E-state index contributed by atoms with van der Waals surface area (Å²) >= 11 is 0. The molecule has 0 saturated carbocycles. The number of nitrogens with zero attached hydrogens (tertiary/aromatic N) is 2. The Balaban J connectivity index is 2.50. The van der Waals surface area contributed by atoms with Gasteiger partial charge in [0.2, 0.25) is 5.91 Å². The van der Waals surface area contributed by atoms with Gasteiger partial charge in [0.25, 0.3) is 0 Å². The Morgan fingerprint density at radius 2 is 1.60 bits per heavy atom. The molecule has 0 N–H and O–H groups in total. The van der Waals surface area contributed by atoms with E-state index in [0.29, 0.717) is 0 Å². The van der Waals surface area contributed by atoms with Crippen molar-refractivity contribution >= 4 is 20.2 Å². The maximum atomic E-state index is 12.8. The molecule has 1 heterocycles. The van der Waals surface area contributed by atoms with Crippen molar-refractivity contribution in [3.05, 3.63) is 35.9 Å². The largest absolute Gasteiger partial charge is 0.319 e. The first-order chi connectivity index (χ1) is 9.25. The van der Waals surface area contributed by atoms with E-state index in [9.17, 15) is 9.59 Å². The summed E-state index contributed by atoms with van der Waals surface area (Å²) < 4.78 is 1.52. The fourth-order valence-electron chi connectivity index (χ4n) is 2.64. The molecule has 1 aromatic rings. The lowest BCUT2D eigenvalue weighted by Crippen LogP contribution is -2.50. The third kappa shape index (κ3) is 2.38. The van der Waals surface area contributed by atoms with Crippen LogP contribution in [0.25, 0.3) is 0 Å². The van der Waals surface area contributed by atoms with Crippen LogP contribution in [0, 0.1) is 0 Å². The zero-order valence-electron chi connectivity index (χ0n) is 12.8. The van der Waals surface area contributed by atoms with Gasteiger partial charge in [0.15, 0.2) is 8.24 Å². The minimum atomic E-state index is -2.02. The Morgan fingerprint density at radius 1 is 1.05 bits per heavy atom. The number of hydrogen-bond donors (Lipinski definition) is 0. The van der Waals surface area contributed by atoms with Gasteiger partial charge in [-0.1, -0.05) is 50.0 Å². The maximum Gasteiger partial charge on any atom is 0.319 e. The van der Waals surface area contributed by atoms with Crippen molar-refractivity contribution in [3.63, 3.8) is 0 Å². The van der Waals surface area contributed by atoms with Gasteiger partial charge in [0, 0.05) is 6.04 Å². The summed E-state index contributed by atoms with van der Waals surface area (Å²) in [6.45, 7) is 9.97. The first-order valence-electron chi connectivity index (χ1n) is 6.96. The van der Waals surface area contributed by atoms with Gasteiger partial charge >= 0.3 is 6.03 Å². The summed E-state index contributed by atoms with van der Waals surface area (Å²) in [5.41, 5.74) is 0.889. The summed E-state index contributed by atoms with van der Waals surface area (Å²) in [5.74, 6) is -0.0749. The van der Waals surface area contributed by atoms with Crippen LogP contribution in [-0.4, -0.2) is 35.7 Å². The minimum Gasteiger partial charge on any atom is -0.306 e. The van der Waals surface area contributed by atoms with Crippen molar-refractivity contribution in [1.82, 2.24) is 9.47 Å². The zero-order chi connectivity index (χ0) is 15.1. The van der Waals surface area contributed by atoms with Crippen LogP contribution in [0.1, 0.15) is 25.5 Å². The van der Waals surface area contributed by atoms with Gasteiger partial charge in [-0.25, -0.2) is 4.79 Å². The quantitative estimate of drug-likeness (QED) is 0.633. The smallest absolute Gasteiger partial charge is 0.306 e. The number of urea groups is 1. The number of carbonyl (C=O) groups excluding carboxylic acids is 2. The summed E-state index contributed by atoms with van der Waals surface area (Å²) in [6, 6.07) is 8.94. The molecule has 1 aliphatic heterocycles. The highest BCUT2D eigenvalue weighted by atomic mass is 28.3. The van der Waals surface area contributed by atoms with Crippen molar-refractivity contribution in [2.45, 2.75) is 45.6 Å². The number of benzene rings is 1. The van der Waals surface area contributed by atoms with Crippen molar-refractivity contribution in [2.24, 2.45) is 0 Å². The number of hydrogen-bond acceptors (Lipinski definition) is 2. The van der Waals surface area contributed by atoms with Gasteiger partial charge in [-0.3, -0.25) is 9.36 Å². The van der Waals surface area contributed by atoms with E-state index in [4.69, 9.17) is 0 Å². The summed E-state index contributed by atoms with van der Waals surface area (Å²) in [5, 5.41) is 0. The highest BCUT2D eigenvalue weighted by Crippen LogP contribution is 2.35. The van der Waals surface area contributed by atoms with E-state index in [1.807, 2.05) is 63.8 Å². The van der Waals surface area contributed by atoms with Crippen LogP contribution in [0.15, 0.2) is 30.3 Å². The number of carbonyl (C=O) groups is 2. The van der Waals surface area contributed by atoms with Crippen LogP contribution >= 0.6 is 0 Å². The molecule has 0 bridgehead atoms. The Labute approximate surface area is 121 Å². The molecular formula is C15H22N2O2Si. The molecule has 1 atom stereocenters. The number of rotatable bonds is 3. The molecular weight excluding hydrogens is 268 g/mol. The van der Waals surface area contributed by atoms with Crippen molar-refractivity contribution < 1.29 is 9.59 Å². The molecule has 1 unspecified atom stereocenters. The molecule has 0 aliphatic carbocycles. The second-order valence-electron chi connectivity index (χ2n) is 6.44. The molecule has 1 aliphatic rings. The van der Waals surface area contributed by atoms with Crippen molar-refractivity contribution in [3.8, 4) is 0 Å². The Kier molecular flexibility index (Phi) is 3.73. The van der Waals surface area contributed by atoms with Gasteiger partial charge in [-0.2, -0.15) is 0 Å². The second-order valence-corrected chi connectivity index (χ2v) is 11.2. The third-order valence-electron chi connectivity index (χ3n) is 3.49. The van der Waals surface area contributed by atoms with E-state index < -0.39 is 14.3 Å². The number of amides is 3. The predicted octanol–water partition coefficient (Wildman–Crippen LogP) is 3.24. The maximum absolute atomic E-state index is 12.8. The zero-order valence-corrected chi connectivity index (χ0v) is 13.8. The average Bonchev–Trinajstić information content (AvgIpc) is 2.61. The van der Waals surface area contributed by atoms with Crippen LogP contribution < -0.4 is 0 Å². The van der Waals surface area contributed by atoms with E-state index >= 15 is 0 Å². The standard InChI is InChI=1S/C15H22N2O2Si/c1-11(2)16-13(12-9-7-6-8-10-12)14(18)17(15(16)19)20(3,4)5/h6-11,13H,1-5H3. The van der Waals surface area contributed by atoms with E-state index in [1.165, 1.54) is 4.57 Å². The topological polar surface area (TPSA) is 40.6 Å². The molecule has 20 heavy (non-hydrogen) atoms. The second kappa shape index (κ2) is 5.05. The molecule has 0 radical (unpaired) electrons. The van der Waals surface area contributed by atoms with Crippen LogP contribution in [0.2, 0.25) is 19.6 Å². The molecule has 1 saturated heterocycles. The first-order valence-corrected chi connectivity index (χ1v) is 10.4. The number of imide groups is 1. The van der Waals surface area contributed by atoms with E-state index in [-0.39, 0.29) is 18.0 Å². The van der Waals surface area contributed by atoms with Crippen molar-refractivity contribution in [2.75, 3.05) is 0 Å². The fourth-order valence-corrected chi connectivity index (χ4v) is 4.11. The molecule has 5 heteroatoms. The normalized spacial score (nSPS) is 20.2. The first kappa shape index (κ1) is 14.8. The minimum absolute atomic E-state index is 0.00185. The van der Waals surface area contributed by atoms with Crippen LogP contribution in [0.4, 0.5) is 4.79 Å². The molecule has 0 spiro atoms. The fraction of sp³-hybridized carbons (Fsp3) is 0.467. The molecule has 108 valence electrons. The molecule has 2 rings (SSSR count). The van der Waals surface area contributed by atoms with Gasteiger partial charge in [-0.15, -0.1) is 0 Å². The summed E-state index contributed by atoms with van der Waals surface area (Å²) in [7, 11) is -2.02. The van der Waals surface area contributed by atoms with Gasteiger partial charge in [0.1, 0.15) is 6.04 Å². The molecule has 4 nitrogen and oxygen atoms in total. The Hall–Kier alpha value is -1.62. The van der Waals surface area contributed by atoms with Crippen LogP contribution in [-0.2, 0) is 4.79 Å². The third-order valence-corrected chi connectivity index (χ3v) is 5.24. The molecule has 0 aromatic heterocycles. The lowest BCUT2D eigenvalue weighted by atomic mass is 10.1. The summed E-state index contributed by atoms with van der Waals surface area (Å²) in [4.78, 5) is 27.1. The molecule has 3 amide bonds. The lowest BCUT2D eigenvalue weighted by Gasteiger charge is -2.29. The van der Waals surface area contributed by atoms with Gasteiger partial charge in [0.05, 0.1) is 0 Å². The molecule has 1 aromatic carbocycles. The van der Waals surface area contributed by atoms with Crippen molar-refractivity contribution in [1.29, 1.82) is 0 Å². The van der Waals surface area contributed by atoms with Gasteiger partial charge < -0.3 is 4.90 Å². The van der Waals surface area contributed by atoms with Gasteiger partial charge in [-0.05, 0) is 19.4 Å². The highest BCUT2D eigenvalue weighted by Gasteiger charge is 2.51. The van der Waals surface area contributed by atoms with Crippen LogP contribution in [0.3, 0.4) is 0 Å². The average molecular weight is 290 g/mol. The monoisotopic (exact) mass is 290 g/mol. The van der Waals surface area contributed by atoms with Crippen LogP contribution in [0.5, 0.6) is 0 Å².